The highest BCUT2D eigenvalue weighted by atomic mass is 79.9. The van der Waals surface area contributed by atoms with Crippen molar-refractivity contribution in [3.8, 4) is 5.75 Å². The molecule has 0 saturated carbocycles. The zero-order valence-electron chi connectivity index (χ0n) is 11.1. The Hall–Kier alpha value is -1.23. The van der Waals surface area contributed by atoms with Crippen LogP contribution in [-0.4, -0.2) is 12.0 Å². The summed E-state index contributed by atoms with van der Waals surface area (Å²) in [6.45, 7) is 1.66. The minimum absolute atomic E-state index is 0.283. The van der Waals surface area contributed by atoms with Crippen LogP contribution >= 0.6 is 39.1 Å². The van der Waals surface area contributed by atoms with Crippen LogP contribution in [0.4, 0.5) is 5.69 Å². The van der Waals surface area contributed by atoms with E-state index in [0.29, 0.717) is 21.5 Å². The van der Waals surface area contributed by atoms with Gasteiger partial charge in [-0.25, -0.2) is 0 Å². The van der Waals surface area contributed by atoms with Gasteiger partial charge in [0.2, 0.25) is 0 Å². The molecule has 21 heavy (non-hydrogen) atoms. The van der Waals surface area contributed by atoms with Gasteiger partial charge < -0.3 is 10.1 Å². The first-order valence-electron chi connectivity index (χ1n) is 6.14. The third kappa shape index (κ3) is 4.63. The summed E-state index contributed by atoms with van der Waals surface area (Å²) in [6.07, 6.45) is -0.661. The average Bonchev–Trinajstić information content (AvgIpc) is 2.44. The third-order valence-electron chi connectivity index (χ3n) is 2.68. The van der Waals surface area contributed by atoms with Gasteiger partial charge in [0.15, 0.2) is 6.10 Å². The SMILES string of the molecule is C[C@H](Oc1ccc(Cl)cc1)C(=O)Nc1ccc(Br)cc1Cl. The number of nitrogens with one attached hydrogen (secondary N) is 1. The van der Waals surface area contributed by atoms with Crippen molar-refractivity contribution in [2.75, 3.05) is 5.32 Å². The molecule has 0 unspecified atom stereocenters. The maximum Gasteiger partial charge on any atom is 0.265 e. The number of carbonyl (C=O) groups is 1. The van der Waals surface area contributed by atoms with Gasteiger partial charge in [-0.1, -0.05) is 39.1 Å². The Bertz CT molecular complexity index is 647. The average molecular weight is 389 g/mol. The molecule has 110 valence electrons. The fourth-order valence-corrected chi connectivity index (χ4v) is 2.44. The quantitative estimate of drug-likeness (QED) is 0.785. The minimum atomic E-state index is -0.661. The minimum Gasteiger partial charge on any atom is -0.481 e. The molecule has 2 aromatic rings. The fourth-order valence-electron chi connectivity index (χ4n) is 1.60. The van der Waals surface area contributed by atoms with Crippen molar-refractivity contribution in [3.63, 3.8) is 0 Å². The molecule has 3 nitrogen and oxygen atoms in total. The Morgan fingerprint density at radius 3 is 2.48 bits per heavy atom. The molecule has 0 bridgehead atoms. The zero-order valence-corrected chi connectivity index (χ0v) is 14.2. The number of carbonyl (C=O) groups excluding carboxylic acids is 1. The number of amides is 1. The molecule has 0 fully saturated rings. The molecule has 0 aliphatic rings. The van der Waals surface area contributed by atoms with Crippen molar-refractivity contribution in [1.82, 2.24) is 0 Å². The van der Waals surface area contributed by atoms with E-state index in [4.69, 9.17) is 27.9 Å². The molecule has 6 heteroatoms. The molecule has 0 spiro atoms. The van der Waals surface area contributed by atoms with E-state index in [1.165, 1.54) is 0 Å². The number of anilines is 1. The first-order valence-corrected chi connectivity index (χ1v) is 7.69. The summed E-state index contributed by atoms with van der Waals surface area (Å²) in [5.74, 6) is 0.290. The van der Waals surface area contributed by atoms with Gasteiger partial charge in [0.05, 0.1) is 10.7 Å². The monoisotopic (exact) mass is 387 g/mol. The van der Waals surface area contributed by atoms with Crippen LogP contribution in [0.1, 0.15) is 6.92 Å². The molecular weight excluding hydrogens is 377 g/mol. The van der Waals surface area contributed by atoms with E-state index >= 15 is 0 Å². The van der Waals surface area contributed by atoms with E-state index < -0.39 is 6.10 Å². The molecule has 0 heterocycles. The number of benzene rings is 2. The van der Waals surface area contributed by atoms with Gasteiger partial charge in [-0.3, -0.25) is 4.79 Å². The molecule has 1 atom stereocenters. The van der Waals surface area contributed by atoms with Gasteiger partial charge >= 0.3 is 0 Å². The highest BCUT2D eigenvalue weighted by molar-refractivity contribution is 9.10. The Balaban J connectivity index is 2.00. The maximum absolute atomic E-state index is 12.1. The second-order valence-electron chi connectivity index (χ2n) is 4.33. The predicted molar refractivity (Wildman–Crippen MR) is 89.3 cm³/mol. The lowest BCUT2D eigenvalue weighted by Gasteiger charge is -2.15. The summed E-state index contributed by atoms with van der Waals surface area (Å²) < 4.78 is 6.39. The summed E-state index contributed by atoms with van der Waals surface area (Å²) in [5, 5.41) is 3.79. The molecule has 2 rings (SSSR count). The fraction of sp³-hybridized carbons (Fsp3) is 0.133. The molecule has 0 saturated heterocycles. The van der Waals surface area contributed by atoms with E-state index in [9.17, 15) is 4.79 Å². The third-order valence-corrected chi connectivity index (χ3v) is 3.74. The van der Waals surface area contributed by atoms with E-state index in [2.05, 4.69) is 21.2 Å². The number of halogens is 3. The van der Waals surface area contributed by atoms with Crippen LogP contribution in [0.3, 0.4) is 0 Å². The Labute approximate surface area is 141 Å². The van der Waals surface area contributed by atoms with Crippen LogP contribution in [-0.2, 0) is 4.79 Å². The Morgan fingerprint density at radius 2 is 1.86 bits per heavy atom. The van der Waals surface area contributed by atoms with Crippen LogP contribution in [0.25, 0.3) is 0 Å². The lowest BCUT2D eigenvalue weighted by Crippen LogP contribution is -2.30. The number of ether oxygens (including phenoxy) is 1. The van der Waals surface area contributed by atoms with Crippen molar-refractivity contribution < 1.29 is 9.53 Å². The van der Waals surface area contributed by atoms with Crippen LogP contribution in [0.2, 0.25) is 10.0 Å². The Kier molecular flexibility index (Phi) is 5.51. The van der Waals surface area contributed by atoms with Gasteiger partial charge in [0.25, 0.3) is 5.91 Å². The number of rotatable bonds is 4. The molecule has 2 aromatic carbocycles. The lowest BCUT2D eigenvalue weighted by molar-refractivity contribution is -0.122. The van der Waals surface area contributed by atoms with Crippen molar-refractivity contribution in [3.05, 3.63) is 57.0 Å². The van der Waals surface area contributed by atoms with E-state index in [-0.39, 0.29) is 5.91 Å². The predicted octanol–water partition coefficient (Wildman–Crippen LogP) is 5.16. The van der Waals surface area contributed by atoms with Gasteiger partial charge in [0.1, 0.15) is 5.75 Å². The van der Waals surface area contributed by atoms with Crippen molar-refractivity contribution in [2.24, 2.45) is 0 Å². The second-order valence-corrected chi connectivity index (χ2v) is 6.09. The van der Waals surface area contributed by atoms with Crippen LogP contribution in [0.15, 0.2) is 46.9 Å². The summed E-state index contributed by atoms with van der Waals surface area (Å²) in [6, 6.07) is 12.0. The van der Waals surface area contributed by atoms with Crippen LogP contribution < -0.4 is 10.1 Å². The topological polar surface area (TPSA) is 38.3 Å². The number of hydrogen-bond acceptors (Lipinski definition) is 2. The van der Waals surface area contributed by atoms with Crippen molar-refractivity contribution in [1.29, 1.82) is 0 Å². The van der Waals surface area contributed by atoms with Crippen LogP contribution in [0.5, 0.6) is 5.75 Å². The zero-order chi connectivity index (χ0) is 15.4. The lowest BCUT2D eigenvalue weighted by atomic mass is 10.3. The van der Waals surface area contributed by atoms with Crippen molar-refractivity contribution >= 4 is 50.7 Å². The molecular formula is C15H12BrCl2NO2. The number of hydrogen-bond donors (Lipinski definition) is 1. The maximum atomic E-state index is 12.1. The highest BCUT2D eigenvalue weighted by Gasteiger charge is 2.16. The molecule has 1 N–H and O–H groups in total. The summed E-state index contributed by atoms with van der Waals surface area (Å²) in [5.41, 5.74) is 0.538. The van der Waals surface area contributed by atoms with Crippen molar-refractivity contribution in [2.45, 2.75) is 13.0 Å². The molecule has 0 aliphatic carbocycles. The second kappa shape index (κ2) is 7.16. The van der Waals surface area contributed by atoms with E-state index in [1.807, 2.05) is 0 Å². The van der Waals surface area contributed by atoms with Gasteiger partial charge in [0, 0.05) is 9.50 Å². The standard InChI is InChI=1S/C15H12BrCl2NO2/c1-9(21-12-5-3-11(17)4-6-12)15(20)19-14-7-2-10(16)8-13(14)18/h2-9H,1H3,(H,19,20)/t9-/m0/s1. The van der Waals surface area contributed by atoms with E-state index in [1.54, 1.807) is 49.4 Å². The van der Waals surface area contributed by atoms with E-state index in [0.717, 1.165) is 4.47 Å². The normalized spacial score (nSPS) is 11.8. The van der Waals surface area contributed by atoms with Gasteiger partial charge in [-0.2, -0.15) is 0 Å². The first-order chi connectivity index (χ1) is 9.95. The summed E-state index contributed by atoms with van der Waals surface area (Å²) in [7, 11) is 0. The van der Waals surface area contributed by atoms with Gasteiger partial charge in [-0.05, 0) is 49.4 Å². The highest BCUT2D eigenvalue weighted by Crippen LogP contribution is 2.26. The Morgan fingerprint density at radius 1 is 1.19 bits per heavy atom. The molecule has 0 aliphatic heterocycles. The molecule has 0 radical (unpaired) electrons. The molecule has 1 amide bonds. The largest absolute Gasteiger partial charge is 0.481 e. The first kappa shape index (κ1) is 16.1. The summed E-state index contributed by atoms with van der Waals surface area (Å²) in [4.78, 5) is 12.1. The molecule has 0 aromatic heterocycles. The summed E-state index contributed by atoms with van der Waals surface area (Å²) >= 11 is 15.2. The van der Waals surface area contributed by atoms with Crippen LogP contribution in [0, 0.1) is 0 Å². The van der Waals surface area contributed by atoms with Gasteiger partial charge in [-0.15, -0.1) is 0 Å². The smallest absolute Gasteiger partial charge is 0.265 e.